The molecule has 0 aliphatic rings. The average molecular weight is 640 g/mol. The monoisotopic (exact) mass is 639 g/mol. The smallest absolute Gasteiger partial charge is 0.133 e. The summed E-state index contributed by atoms with van der Waals surface area (Å²) in [5.41, 5.74) is 5.34. The topological polar surface area (TPSA) is 83.4 Å². The van der Waals surface area contributed by atoms with Gasteiger partial charge in [-0.05, 0) is 66.0 Å². The summed E-state index contributed by atoms with van der Waals surface area (Å²) in [5.74, 6) is 0. The van der Waals surface area contributed by atoms with Crippen LogP contribution < -0.4 is 0 Å². The fourth-order valence-electron chi connectivity index (χ4n) is 4.49. The third-order valence-electron chi connectivity index (χ3n) is 6.90. The minimum Gasteiger partial charge on any atom is -0.464 e. The number of para-hydroxylation sites is 5. The van der Waals surface area contributed by atoms with Crippen LogP contribution in [0, 0.1) is 0 Å². The highest BCUT2D eigenvalue weighted by molar-refractivity contribution is 5.79. The number of nitrogens with one attached hydrogen (secondary N) is 2. The SMILES string of the molecule is c1ccc2[nH]ccc2c1.c1ccc2[nH]cnc2c1.c1ccc2ncccc2c1.c1ccc2occc2c1.c1ccccc1.c1ccncc1. The van der Waals surface area contributed by atoms with Gasteiger partial charge >= 0.3 is 0 Å². The van der Waals surface area contributed by atoms with Gasteiger partial charge < -0.3 is 14.4 Å². The molecule has 0 saturated heterocycles. The zero-order valence-corrected chi connectivity index (χ0v) is 27.0. The first-order valence-corrected chi connectivity index (χ1v) is 15.8. The fourth-order valence-corrected chi connectivity index (χ4v) is 4.49. The van der Waals surface area contributed by atoms with Crippen molar-refractivity contribution in [1.82, 2.24) is 24.9 Å². The van der Waals surface area contributed by atoms with Gasteiger partial charge in [-0.3, -0.25) is 9.97 Å². The molecular formula is C43H37N5O. The zero-order valence-electron chi connectivity index (χ0n) is 27.0. The maximum Gasteiger partial charge on any atom is 0.133 e. The van der Waals surface area contributed by atoms with Crippen molar-refractivity contribution in [3.63, 3.8) is 0 Å². The standard InChI is InChI=1S/C9H7N.C8H7N.C8H6O.C7H6N2.C6H6.C5H5N/c1-2-6-9-8(4-1)5-3-7-10-9;2*1-2-4-8-7(3-1)5-6-9-8;1-2-4-7-6(3-1)8-5-9-7;2*1-2-4-6-5-3-1/h1-7H;1-6,9H;1-6H;1-5H,(H,8,9);1-6H;1-5H. The van der Waals surface area contributed by atoms with E-state index in [0.29, 0.717) is 0 Å². The van der Waals surface area contributed by atoms with Crippen LogP contribution in [0.15, 0.2) is 218 Å². The number of pyridine rings is 2. The number of fused-ring (bicyclic) bond motifs is 4. The van der Waals surface area contributed by atoms with E-state index in [-0.39, 0.29) is 0 Å². The molecule has 0 aliphatic heterocycles. The number of nitrogens with zero attached hydrogens (tertiary/aromatic N) is 3. The predicted molar refractivity (Wildman–Crippen MR) is 203 cm³/mol. The van der Waals surface area contributed by atoms with Gasteiger partial charge in [-0.2, -0.15) is 0 Å². The third-order valence-corrected chi connectivity index (χ3v) is 6.90. The van der Waals surface area contributed by atoms with Crippen molar-refractivity contribution >= 4 is 43.8 Å². The first-order valence-electron chi connectivity index (χ1n) is 15.8. The second kappa shape index (κ2) is 19.7. The van der Waals surface area contributed by atoms with E-state index in [1.54, 1.807) is 25.0 Å². The van der Waals surface area contributed by atoms with Crippen molar-refractivity contribution in [2.24, 2.45) is 0 Å². The number of benzene rings is 5. The molecule has 0 radical (unpaired) electrons. The highest BCUT2D eigenvalue weighted by Gasteiger charge is 1.90. The fraction of sp³-hybridized carbons (Fsp3) is 0. The van der Waals surface area contributed by atoms with Crippen LogP contribution in [-0.2, 0) is 0 Å². The molecule has 49 heavy (non-hydrogen) atoms. The Bertz CT molecular complexity index is 1910. The Morgan fingerprint density at radius 3 is 1.61 bits per heavy atom. The molecule has 0 amide bonds. The van der Waals surface area contributed by atoms with Gasteiger partial charge in [0.15, 0.2) is 0 Å². The lowest BCUT2D eigenvalue weighted by Gasteiger charge is -1.91. The van der Waals surface area contributed by atoms with E-state index in [1.165, 1.54) is 16.3 Å². The molecule has 0 unspecified atom stereocenters. The third kappa shape index (κ3) is 11.5. The van der Waals surface area contributed by atoms with Crippen LogP contribution in [0.3, 0.4) is 0 Å². The van der Waals surface area contributed by atoms with Crippen LogP contribution in [0.2, 0.25) is 0 Å². The summed E-state index contributed by atoms with van der Waals surface area (Å²) >= 11 is 0. The zero-order chi connectivity index (χ0) is 33.6. The minimum atomic E-state index is 0.956. The van der Waals surface area contributed by atoms with Crippen LogP contribution in [0.25, 0.3) is 43.8 Å². The summed E-state index contributed by atoms with van der Waals surface area (Å²) in [7, 11) is 0. The summed E-state index contributed by atoms with van der Waals surface area (Å²) in [6.07, 6.45) is 10.7. The molecule has 0 bridgehead atoms. The maximum atomic E-state index is 5.12. The van der Waals surface area contributed by atoms with E-state index < -0.39 is 0 Å². The van der Waals surface area contributed by atoms with Gasteiger partial charge in [-0.1, -0.05) is 115 Å². The number of imidazole rings is 1. The van der Waals surface area contributed by atoms with Crippen LogP contribution in [-0.4, -0.2) is 24.9 Å². The second-order valence-corrected chi connectivity index (χ2v) is 10.3. The summed E-state index contributed by atoms with van der Waals surface area (Å²) < 4.78 is 5.12. The minimum absolute atomic E-state index is 0.956. The van der Waals surface area contributed by atoms with E-state index >= 15 is 0 Å². The number of aromatic amines is 2. The van der Waals surface area contributed by atoms with Crippen molar-refractivity contribution in [3.8, 4) is 0 Å². The Balaban J connectivity index is 0.000000116. The lowest BCUT2D eigenvalue weighted by Crippen LogP contribution is -1.73. The Kier molecular flexibility index (Phi) is 13.5. The van der Waals surface area contributed by atoms with Crippen molar-refractivity contribution in [1.29, 1.82) is 0 Å². The van der Waals surface area contributed by atoms with Gasteiger partial charge in [0.1, 0.15) is 5.58 Å². The van der Waals surface area contributed by atoms with Gasteiger partial charge in [0.2, 0.25) is 0 Å². The Labute approximate surface area is 285 Å². The molecule has 5 aromatic carbocycles. The van der Waals surface area contributed by atoms with Gasteiger partial charge in [-0.15, -0.1) is 0 Å². The molecule has 10 rings (SSSR count). The number of hydrogen-bond acceptors (Lipinski definition) is 4. The first-order chi connectivity index (χ1) is 24.4. The van der Waals surface area contributed by atoms with Gasteiger partial charge in [0.05, 0.1) is 29.1 Å². The summed E-state index contributed by atoms with van der Waals surface area (Å²) in [4.78, 5) is 18.2. The van der Waals surface area contributed by atoms with E-state index in [1.807, 2.05) is 158 Å². The van der Waals surface area contributed by atoms with Gasteiger partial charge in [0.25, 0.3) is 0 Å². The van der Waals surface area contributed by atoms with Crippen molar-refractivity contribution in [2.45, 2.75) is 0 Å². The Morgan fingerprint density at radius 2 is 0.980 bits per heavy atom. The number of H-pyrrole nitrogens is 2. The highest BCUT2D eigenvalue weighted by atomic mass is 16.3. The molecule has 6 nitrogen and oxygen atoms in total. The van der Waals surface area contributed by atoms with Crippen LogP contribution in [0.4, 0.5) is 0 Å². The molecule has 10 aromatic rings. The molecule has 5 heterocycles. The van der Waals surface area contributed by atoms with Crippen molar-refractivity contribution < 1.29 is 4.42 Å². The van der Waals surface area contributed by atoms with Crippen LogP contribution in [0.1, 0.15) is 0 Å². The Morgan fingerprint density at radius 1 is 0.388 bits per heavy atom. The van der Waals surface area contributed by atoms with E-state index in [9.17, 15) is 0 Å². The van der Waals surface area contributed by atoms with E-state index in [2.05, 4.69) is 55.3 Å². The number of aromatic nitrogens is 5. The Hall–Kier alpha value is -6.79. The highest BCUT2D eigenvalue weighted by Crippen LogP contribution is 2.13. The van der Waals surface area contributed by atoms with Crippen molar-refractivity contribution in [2.75, 3.05) is 0 Å². The number of furan rings is 1. The van der Waals surface area contributed by atoms with Gasteiger partial charge in [-0.25, -0.2) is 4.98 Å². The predicted octanol–water partition coefficient (Wildman–Crippen LogP) is 11.2. The molecule has 2 N–H and O–H groups in total. The molecule has 240 valence electrons. The maximum absolute atomic E-state index is 5.12. The molecule has 6 heteroatoms. The lowest BCUT2D eigenvalue weighted by molar-refractivity contribution is 0.616. The van der Waals surface area contributed by atoms with Crippen LogP contribution in [0.5, 0.6) is 0 Å². The number of hydrogen-bond donors (Lipinski definition) is 2. The van der Waals surface area contributed by atoms with Gasteiger partial charge in [0, 0.05) is 41.1 Å². The molecule has 0 saturated carbocycles. The summed E-state index contributed by atoms with van der Waals surface area (Å²) in [6, 6.07) is 57.9. The lowest BCUT2D eigenvalue weighted by atomic mass is 10.2. The van der Waals surface area contributed by atoms with Crippen molar-refractivity contribution in [3.05, 3.63) is 213 Å². The van der Waals surface area contributed by atoms with E-state index in [0.717, 1.165) is 27.5 Å². The first kappa shape index (κ1) is 33.6. The normalized spacial score (nSPS) is 9.63. The molecule has 0 atom stereocenters. The second-order valence-electron chi connectivity index (χ2n) is 10.3. The molecule has 0 aliphatic carbocycles. The molecule has 5 aromatic heterocycles. The van der Waals surface area contributed by atoms with E-state index in [4.69, 9.17) is 4.42 Å². The number of rotatable bonds is 0. The molecule has 0 spiro atoms. The van der Waals surface area contributed by atoms with Crippen LogP contribution >= 0.6 is 0 Å². The summed E-state index contributed by atoms with van der Waals surface area (Å²) in [5, 5.41) is 3.64. The molecular weight excluding hydrogens is 603 g/mol. The quantitative estimate of drug-likeness (QED) is 0.173. The largest absolute Gasteiger partial charge is 0.464 e. The average Bonchev–Trinajstić information content (AvgIpc) is 3.99. The summed E-state index contributed by atoms with van der Waals surface area (Å²) in [6.45, 7) is 0. The molecule has 0 fully saturated rings.